The van der Waals surface area contributed by atoms with E-state index in [4.69, 9.17) is 5.73 Å². The molecule has 0 saturated heterocycles. The van der Waals surface area contributed by atoms with Crippen LogP contribution in [0.3, 0.4) is 0 Å². The van der Waals surface area contributed by atoms with Gasteiger partial charge in [-0.3, -0.25) is 14.3 Å². The SMILES string of the molecule is Cc1nc2c(c(=O)[nH]1)-c1cc(S(=O)(=O)Nc3ccc(C(N)=O)cc3)ccc1CC2. The molecule has 9 heteroatoms. The number of sulfonamides is 1. The van der Waals surface area contributed by atoms with Gasteiger partial charge in [-0.15, -0.1) is 0 Å². The Bertz CT molecular complexity index is 1300. The maximum atomic E-state index is 12.9. The van der Waals surface area contributed by atoms with Crippen LogP contribution in [0.5, 0.6) is 0 Å². The lowest BCUT2D eigenvalue weighted by Crippen LogP contribution is -2.21. The molecule has 1 aromatic heterocycles. The summed E-state index contributed by atoms with van der Waals surface area (Å²) in [6.07, 6.45) is 1.31. The number of rotatable bonds is 4. The molecule has 1 aliphatic rings. The standard InChI is InChI=1S/C20H18N4O4S/c1-11-22-17-9-5-12-4-8-15(10-16(12)18(17)20(26)23-11)29(27,28)24-14-6-2-13(3-7-14)19(21)25/h2-4,6-8,10,24H,5,9H2,1H3,(H2,21,25)(H,22,23,26). The summed E-state index contributed by atoms with van der Waals surface area (Å²) in [5.74, 6) is -0.0659. The molecule has 0 spiro atoms. The van der Waals surface area contributed by atoms with Crippen molar-refractivity contribution in [3.63, 3.8) is 0 Å². The highest BCUT2D eigenvalue weighted by molar-refractivity contribution is 7.92. The van der Waals surface area contributed by atoms with Crippen molar-refractivity contribution in [2.45, 2.75) is 24.7 Å². The van der Waals surface area contributed by atoms with E-state index in [9.17, 15) is 18.0 Å². The number of nitrogens with zero attached hydrogens (tertiary/aromatic N) is 1. The number of benzene rings is 2. The molecule has 0 atom stereocenters. The van der Waals surface area contributed by atoms with Gasteiger partial charge in [0.05, 0.1) is 16.2 Å². The van der Waals surface area contributed by atoms with E-state index in [1.54, 1.807) is 13.0 Å². The Balaban J connectivity index is 1.73. The average Bonchev–Trinajstić information content (AvgIpc) is 2.67. The zero-order valence-electron chi connectivity index (χ0n) is 15.5. The van der Waals surface area contributed by atoms with E-state index in [0.717, 1.165) is 5.56 Å². The number of fused-ring (bicyclic) bond motifs is 3. The Morgan fingerprint density at radius 3 is 2.55 bits per heavy atom. The Morgan fingerprint density at radius 1 is 1.14 bits per heavy atom. The van der Waals surface area contributed by atoms with E-state index in [-0.39, 0.29) is 16.0 Å². The number of aryl methyl sites for hydroxylation is 3. The summed E-state index contributed by atoms with van der Waals surface area (Å²) in [5, 5.41) is 0. The Hall–Kier alpha value is -3.46. The number of carbonyl (C=O) groups is 1. The fourth-order valence-corrected chi connectivity index (χ4v) is 4.53. The lowest BCUT2D eigenvalue weighted by atomic mass is 9.89. The predicted molar refractivity (Wildman–Crippen MR) is 108 cm³/mol. The van der Waals surface area contributed by atoms with Crippen LogP contribution < -0.4 is 16.0 Å². The van der Waals surface area contributed by atoms with E-state index in [1.165, 1.54) is 36.4 Å². The molecule has 8 nitrogen and oxygen atoms in total. The second-order valence-electron chi connectivity index (χ2n) is 6.84. The number of H-pyrrole nitrogens is 1. The maximum Gasteiger partial charge on any atom is 0.261 e. The van der Waals surface area contributed by atoms with Crippen LogP contribution in [-0.2, 0) is 22.9 Å². The molecule has 0 bridgehead atoms. The third-order valence-corrected chi connectivity index (χ3v) is 6.21. The van der Waals surface area contributed by atoms with Gasteiger partial charge in [0.1, 0.15) is 5.82 Å². The number of anilines is 1. The van der Waals surface area contributed by atoms with Crippen molar-refractivity contribution in [3.05, 3.63) is 75.5 Å². The largest absolute Gasteiger partial charge is 0.366 e. The minimum absolute atomic E-state index is 0.0306. The quantitative estimate of drug-likeness (QED) is 0.602. The smallest absolute Gasteiger partial charge is 0.261 e. The topological polar surface area (TPSA) is 135 Å². The molecule has 0 radical (unpaired) electrons. The summed E-state index contributed by atoms with van der Waals surface area (Å²) in [7, 11) is -3.90. The summed E-state index contributed by atoms with van der Waals surface area (Å²) in [5.41, 5.74) is 8.05. The van der Waals surface area contributed by atoms with Crippen molar-refractivity contribution >= 4 is 21.6 Å². The van der Waals surface area contributed by atoms with Crippen molar-refractivity contribution in [2.75, 3.05) is 4.72 Å². The van der Waals surface area contributed by atoms with Crippen molar-refractivity contribution in [1.82, 2.24) is 9.97 Å². The first-order valence-corrected chi connectivity index (χ1v) is 10.4. The lowest BCUT2D eigenvalue weighted by molar-refractivity contribution is 0.100. The molecule has 148 valence electrons. The van der Waals surface area contributed by atoms with Gasteiger partial charge < -0.3 is 10.7 Å². The van der Waals surface area contributed by atoms with Crippen LogP contribution in [0.25, 0.3) is 11.1 Å². The van der Waals surface area contributed by atoms with E-state index < -0.39 is 15.9 Å². The van der Waals surface area contributed by atoms with Gasteiger partial charge in [-0.1, -0.05) is 6.07 Å². The first-order chi connectivity index (χ1) is 13.7. The van der Waals surface area contributed by atoms with Gasteiger partial charge in [0.15, 0.2) is 0 Å². The third kappa shape index (κ3) is 3.52. The van der Waals surface area contributed by atoms with Crippen LogP contribution in [0.4, 0.5) is 5.69 Å². The zero-order valence-corrected chi connectivity index (χ0v) is 16.3. The van der Waals surface area contributed by atoms with E-state index in [0.29, 0.717) is 41.2 Å². The molecule has 0 aliphatic heterocycles. The molecule has 0 fully saturated rings. The predicted octanol–water partition coefficient (Wildman–Crippen LogP) is 1.74. The van der Waals surface area contributed by atoms with Crippen LogP contribution >= 0.6 is 0 Å². The first kappa shape index (κ1) is 18.9. The van der Waals surface area contributed by atoms with Crippen molar-refractivity contribution in [3.8, 4) is 11.1 Å². The number of aromatic nitrogens is 2. The second-order valence-corrected chi connectivity index (χ2v) is 8.52. The van der Waals surface area contributed by atoms with Gasteiger partial charge in [0, 0.05) is 11.3 Å². The Kier molecular flexibility index (Phi) is 4.46. The highest BCUT2D eigenvalue weighted by atomic mass is 32.2. The first-order valence-electron chi connectivity index (χ1n) is 8.90. The molecule has 4 rings (SSSR count). The molecular formula is C20H18N4O4S. The number of aromatic amines is 1. The summed E-state index contributed by atoms with van der Waals surface area (Å²) < 4.78 is 28.2. The monoisotopic (exact) mass is 410 g/mol. The number of carbonyl (C=O) groups excluding carboxylic acids is 1. The molecule has 3 aromatic rings. The van der Waals surface area contributed by atoms with Gasteiger partial charge in [0.25, 0.3) is 15.6 Å². The Morgan fingerprint density at radius 2 is 1.86 bits per heavy atom. The highest BCUT2D eigenvalue weighted by Gasteiger charge is 2.24. The molecule has 1 aliphatic carbocycles. The van der Waals surface area contributed by atoms with Gasteiger partial charge in [-0.25, -0.2) is 13.4 Å². The fourth-order valence-electron chi connectivity index (χ4n) is 3.45. The highest BCUT2D eigenvalue weighted by Crippen LogP contribution is 2.32. The summed E-state index contributed by atoms with van der Waals surface area (Å²) >= 11 is 0. The summed E-state index contributed by atoms with van der Waals surface area (Å²) in [6, 6.07) is 10.5. The van der Waals surface area contributed by atoms with Gasteiger partial charge in [0.2, 0.25) is 5.91 Å². The zero-order chi connectivity index (χ0) is 20.8. The average molecular weight is 410 g/mol. The molecule has 0 saturated carbocycles. The van der Waals surface area contributed by atoms with Crippen molar-refractivity contribution < 1.29 is 13.2 Å². The van der Waals surface area contributed by atoms with E-state index in [1.807, 2.05) is 0 Å². The summed E-state index contributed by atoms with van der Waals surface area (Å²) in [4.78, 5) is 30.8. The van der Waals surface area contributed by atoms with Gasteiger partial charge in [-0.05, 0) is 67.3 Å². The van der Waals surface area contributed by atoms with Crippen LogP contribution in [0.15, 0.2) is 52.2 Å². The summed E-state index contributed by atoms with van der Waals surface area (Å²) in [6.45, 7) is 1.71. The number of hydrogen-bond donors (Lipinski definition) is 3. The minimum atomic E-state index is -3.90. The number of hydrogen-bond acceptors (Lipinski definition) is 5. The second kappa shape index (κ2) is 6.85. The number of nitrogens with two attached hydrogens (primary N) is 1. The molecule has 29 heavy (non-hydrogen) atoms. The van der Waals surface area contributed by atoms with Crippen LogP contribution in [0.1, 0.15) is 27.4 Å². The van der Waals surface area contributed by atoms with Gasteiger partial charge in [-0.2, -0.15) is 0 Å². The normalized spacial score (nSPS) is 12.7. The third-order valence-electron chi connectivity index (χ3n) is 4.83. The van der Waals surface area contributed by atoms with E-state index in [2.05, 4.69) is 14.7 Å². The fraction of sp³-hybridized carbons (Fsp3) is 0.150. The van der Waals surface area contributed by atoms with E-state index >= 15 is 0 Å². The van der Waals surface area contributed by atoms with Crippen LogP contribution in [0.2, 0.25) is 0 Å². The lowest BCUT2D eigenvalue weighted by Gasteiger charge is -2.19. The van der Waals surface area contributed by atoms with Crippen molar-refractivity contribution in [1.29, 1.82) is 0 Å². The molecule has 1 heterocycles. The Labute approximate surface area is 166 Å². The van der Waals surface area contributed by atoms with Crippen LogP contribution in [0, 0.1) is 6.92 Å². The number of amides is 1. The van der Waals surface area contributed by atoms with Crippen molar-refractivity contribution in [2.24, 2.45) is 5.73 Å². The van der Waals surface area contributed by atoms with Crippen LogP contribution in [-0.4, -0.2) is 24.3 Å². The molecule has 4 N–H and O–H groups in total. The number of nitrogens with one attached hydrogen (secondary N) is 2. The van der Waals surface area contributed by atoms with Gasteiger partial charge >= 0.3 is 0 Å². The minimum Gasteiger partial charge on any atom is -0.366 e. The molecule has 0 unspecified atom stereocenters. The molecule has 1 amide bonds. The molecular weight excluding hydrogens is 392 g/mol. The maximum absolute atomic E-state index is 12.9. The molecule has 2 aromatic carbocycles. The number of primary amides is 1.